The summed E-state index contributed by atoms with van der Waals surface area (Å²) in [7, 11) is 0. The second-order valence-electron chi connectivity index (χ2n) is 9.60. The van der Waals surface area contributed by atoms with Crippen LogP contribution in [0.15, 0.2) is 42.5 Å². The maximum atomic E-state index is 13.8. The summed E-state index contributed by atoms with van der Waals surface area (Å²) in [5, 5.41) is 0.638. The fourth-order valence-electron chi connectivity index (χ4n) is 4.55. The van der Waals surface area contributed by atoms with E-state index >= 15 is 0 Å². The first kappa shape index (κ1) is 28.1. The van der Waals surface area contributed by atoms with Crippen LogP contribution in [0.5, 0.6) is 11.5 Å². The Morgan fingerprint density at radius 3 is 2.55 bits per heavy atom. The van der Waals surface area contributed by atoms with Crippen molar-refractivity contribution >= 4 is 23.4 Å². The van der Waals surface area contributed by atoms with Gasteiger partial charge in [-0.25, -0.2) is 4.39 Å². The van der Waals surface area contributed by atoms with Gasteiger partial charge in [0, 0.05) is 31.1 Å². The summed E-state index contributed by atoms with van der Waals surface area (Å²) in [6.45, 7) is 5.19. The molecule has 2 heterocycles. The van der Waals surface area contributed by atoms with Gasteiger partial charge in [0.15, 0.2) is 11.6 Å². The number of ether oxygens (including phenoxy) is 4. The third-order valence-corrected chi connectivity index (χ3v) is 7.12. The van der Waals surface area contributed by atoms with E-state index in [1.165, 1.54) is 6.07 Å². The summed E-state index contributed by atoms with van der Waals surface area (Å²) in [4.78, 5) is 29.8. The Morgan fingerprint density at radius 1 is 1.03 bits per heavy atom. The molecule has 0 saturated carbocycles. The van der Waals surface area contributed by atoms with E-state index in [0.717, 1.165) is 5.56 Å². The monoisotopic (exact) mass is 548 g/mol. The van der Waals surface area contributed by atoms with Gasteiger partial charge in [0.1, 0.15) is 18.0 Å². The van der Waals surface area contributed by atoms with Gasteiger partial charge >= 0.3 is 0 Å². The van der Waals surface area contributed by atoms with Crippen molar-refractivity contribution in [2.75, 3.05) is 59.2 Å². The summed E-state index contributed by atoms with van der Waals surface area (Å²) in [5.41, 5.74) is -0.123. The zero-order chi connectivity index (χ0) is 27.0. The zero-order valence-corrected chi connectivity index (χ0v) is 22.4. The first-order valence-electron chi connectivity index (χ1n) is 12.9. The maximum Gasteiger partial charge on any atom is 0.225 e. The molecule has 0 radical (unpaired) electrons. The first-order valence-corrected chi connectivity index (χ1v) is 13.3. The average Bonchev–Trinajstić information content (AvgIpc) is 2.93. The van der Waals surface area contributed by atoms with E-state index in [0.29, 0.717) is 50.0 Å². The molecule has 0 unspecified atom stereocenters. The van der Waals surface area contributed by atoms with Crippen LogP contribution < -0.4 is 9.47 Å². The molecule has 2 aliphatic rings. The van der Waals surface area contributed by atoms with Crippen molar-refractivity contribution in [3.63, 3.8) is 0 Å². The van der Waals surface area contributed by atoms with Gasteiger partial charge in [0.25, 0.3) is 0 Å². The van der Waals surface area contributed by atoms with Crippen LogP contribution in [0.2, 0.25) is 5.02 Å². The van der Waals surface area contributed by atoms with E-state index in [4.69, 9.17) is 30.5 Å². The van der Waals surface area contributed by atoms with Crippen molar-refractivity contribution in [3.05, 3.63) is 58.9 Å². The highest BCUT2D eigenvalue weighted by Crippen LogP contribution is 2.28. The normalized spacial score (nSPS) is 19.8. The van der Waals surface area contributed by atoms with Crippen LogP contribution in [0.1, 0.15) is 24.8 Å². The Hall–Kier alpha value is -2.88. The van der Waals surface area contributed by atoms with E-state index in [-0.39, 0.29) is 56.8 Å². The third-order valence-electron chi connectivity index (χ3n) is 6.70. The minimum absolute atomic E-state index is 0.0585. The van der Waals surface area contributed by atoms with Crippen molar-refractivity contribution in [3.8, 4) is 11.5 Å². The fraction of sp³-hybridized carbons (Fsp3) is 0.500. The van der Waals surface area contributed by atoms with Gasteiger partial charge in [0.05, 0.1) is 39.4 Å². The fourth-order valence-corrected chi connectivity index (χ4v) is 4.67. The summed E-state index contributed by atoms with van der Waals surface area (Å²) in [6.07, 6.45) is 0.754. The van der Waals surface area contributed by atoms with E-state index < -0.39 is 11.4 Å². The molecule has 1 atom stereocenters. The number of hydrogen-bond acceptors (Lipinski definition) is 6. The Kier molecular flexibility index (Phi) is 9.82. The highest BCUT2D eigenvalue weighted by Gasteiger charge is 2.42. The minimum atomic E-state index is -0.999. The van der Waals surface area contributed by atoms with Gasteiger partial charge in [-0.1, -0.05) is 23.7 Å². The SMILES string of the molecule is Cc1cc(OC[C@@]2(CC(=O)N3CCOCC3)CN(C(=O)CCCOc3ccccc3F)CCO2)ccc1Cl. The molecule has 0 spiro atoms. The lowest BCUT2D eigenvalue weighted by molar-refractivity contribution is -0.167. The number of carbonyl (C=O) groups excluding carboxylic acids is 2. The largest absolute Gasteiger partial charge is 0.491 e. The number of para-hydroxylation sites is 1. The van der Waals surface area contributed by atoms with Gasteiger partial charge in [0.2, 0.25) is 11.8 Å². The maximum absolute atomic E-state index is 13.8. The Balaban J connectivity index is 1.39. The molecule has 2 aliphatic heterocycles. The van der Waals surface area contributed by atoms with Crippen molar-refractivity contribution in [1.82, 2.24) is 9.80 Å². The number of benzene rings is 2. The van der Waals surface area contributed by atoms with Crippen molar-refractivity contribution in [2.24, 2.45) is 0 Å². The number of halogens is 2. The Labute approximate surface area is 227 Å². The molecular weight excluding hydrogens is 515 g/mol. The summed E-state index contributed by atoms with van der Waals surface area (Å²) < 4.78 is 36.9. The molecule has 2 fully saturated rings. The van der Waals surface area contributed by atoms with Crippen LogP contribution in [0, 0.1) is 12.7 Å². The quantitative estimate of drug-likeness (QED) is 0.420. The average molecular weight is 549 g/mol. The number of morpholine rings is 2. The van der Waals surface area contributed by atoms with Gasteiger partial charge in [-0.15, -0.1) is 0 Å². The van der Waals surface area contributed by atoms with Crippen LogP contribution in [0.25, 0.3) is 0 Å². The minimum Gasteiger partial charge on any atom is -0.491 e. The second kappa shape index (κ2) is 13.3. The van der Waals surface area contributed by atoms with Crippen LogP contribution >= 0.6 is 11.6 Å². The highest BCUT2D eigenvalue weighted by atomic mass is 35.5. The molecule has 2 aromatic rings. The predicted octanol–water partition coefficient (Wildman–Crippen LogP) is 3.87. The van der Waals surface area contributed by atoms with Gasteiger partial charge in [-0.2, -0.15) is 0 Å². The van der Waals surface area contributed by atoms with Crippen LogP contribution in [-0.4, -0.2) is 86.4 Å². The number of amides is 2. The Bertz CT molecular complexity index is 1110. The molecule has 0 aromatic heterocycles. The molecular formula is C28H34ClFN2O6. The lowest BCUT2D eigenvalue weighted by Gasteiger charge is -2.43. The van der Waals surface area contributed by atoms with Crippen molar-refractivity contribution < 1.29 is 32.9 Å². The zero-order valence-electron chi connectivity index (χ0n) is 21.6. The molecule has 2 saturated heterocycles. The molecule has 10 heteroatoms. The molecule has 4 rings (SSSR count). The number of carbonyl (C=O) groups is 2. The van der Waals surface area contributed by atoms with Crippen LogP contribution in [0.3, 0.4) is 0 Å². The van der Waals surface area contributed by atoms with Crippen LogP contribution in [0.4, 0.5) is 4.39 Å². The number of aryl methyl sites for hydroxylation is 1. The second-order valence-corrected chi connectivity index (χ2v) is 10.0. The number of rotatable bonds is 10. The predicted molar refractivity (Wildman–Crippen MR) is 140 cm³/mol. The Morgan fingerprint density at radius 2 is 1.79 bits per heavy atom. The van der Waals surface area contributed by atoms with E-state index in [2.05, 4.69) is 0 Å². The number of nitrogens with zero attached hydrogens (tertiary/aromatic N) is 2. The van der Waals surface area contributed by atoms with Gasteiger partial charge in [-0.3, -0.25) is 9.59 Å². The van der Waals surface area contributed by atoms with E-state index in [1.807, 2.05) is 13.0 Å². The smallest absolute Gasteiger partial charge is 0.225 e. The van der Waals surface area contributed by atoms with Crippen molar-refractivity contribution in [1.29, 1.82) is 0 Å². The van der Waals surface area contributed by atoms with E-state index in [9.17, 15) is 14.0 Å². The highest BCUT2D eigenvalue weighted by molar-refractivity contribution is 6.31. The summed E-state index contributed by atoms with van der Waals surface area (Å²) in [6, 6.07) is 11.6. The summed E-state index contributed by atoms with van der Waals surface area (Å²) >= 11 is 6.15. The van der Waals surface area contributed by atoms with Crippen LogP contribution in [-0.2, 0) is 19.1 Å². The van der Waals surface area contributed by atoms with Crippen molar-refractivity contribution in [2.45, 2.75) is 31.8 Å². The molecule has 2 aromatic carbocycles. The number of hydrogen-bond donors (Lipinski definition) is 0. The molecule has 0 aliphatic carbocycles. The first-order chi connectivity index (χ1) is 18.3. The molecule has 0 bridgehead atoms. The van der Waals surface area contributed by atoms with Gasteiger partial charge in [-0.05, 0) is 49.2 Å². The van der Waals surface area contributed by atoms with Gasteiger partial charge < -0.3 is 28.7 Å². The lowest BCUT2D eigenvalue weighted by Crippen LogP contribution is -2.58. The lowest BCUT2D eigenvalue weighted by atomic mass is 9.96. The third kappa shape index (κ3) is 7.58. The molecule has 38 heavy (non-hydrogen) atoms. The topological polar surface area (TPSA) is 77.5 Å². The molecule has 0 N–H and O–H groups in total. The molecule has 8 nitrogen and oxygen atoms in total. The standard InChI is InChI=1S/C28H34ClFN2O6/c1-21-17-22(8-9-23(21)29)37-20-28(18-27(34)31-10-14-35-15-11-31)19-32(12-16-38-28)26(33)7-4-13-36-25-6-3-2-5-24(25)30/h2-3,5-6,8-9,17H,4,7,10-16,18-20H2,1H3/t28-/m1/s1. The molecule has 206 valence electrons. The van der Waals surface area contributed by atoms with E-state index in [1.54, 1.807) is 40.1 Å². The molecule has 2 amide bonds. The summed E-state index contributed by atoms with van der Waals surface area (Å²) in [5.74, 6) is 0.217.